The predicted molar refractivity (Wildman–Crippen MR) is 125 cm³/mol. The normalized spacial score (nSPS) is 11.3. The first-order chi connectivity index (χ1) is 12.9. The van der Waals surface area contributed by atoms with Gasteiger partial charge in [0.15, 0.2) is 5.96 Å². The lowest BCUT2D eigenvalue weighted by molar-refractivity contribution is 0.410. The van der Waals surface area contributed by atoms with E-state index in [2.05, 4.69) is 20.3 Å². The molecule has 0 amide bonds. The molecule has 9 heteroatoms. The highest BCUT2D eigenvalue weighted by Crippen LogP contribution is 2.18. The van der Waals surface area contributed by atoms with Crippen molar-refractivity contribution in [3.05, 3.63) is 59.7 Å². The van der Waals surface area contributed by atoms with Crippen molar-refractivity contribution in [3.63, 3.8) is 0 Å². The lowest BCUT2D eigenvalue weighted by atomic mass is 10.2. The standard InChI is InChI=1S/C19H26N4O3S.HI/c1-4-20-19(22-14-16-10-6-8-12-18(16)26-2)21-13-15-9-5-7-11-17(15)23-27(3,24)25;/h5-12,23H,4,13-14H2,1-3H3,(H2,20,21,22);1H. The molecule has 28 heavy (non-hydrogen) atoms. The molecular weight excluding hydrogens is 491 g/mol. The van der Waals surface area contributed by atoms with Crippen molar-refractivity contribution in [1.82, 2.24) is 10.6 Å². The van der Waals surface area contributed by atoms with Crippen molar-refractivity contribution in [1.29, 1.82) is 0 Å². The van der Waals surface area contributed by atoms with Gasteiger partial charge >= 0.3 is 0 Å². The molecule has 0 saturated carbocycles. The molecule has 0 unspecified atom stereocenters. The van der Waals surface area contributed by atoms with Gasteiger partial charge in [0.05, 0.1) is 25.6 Å². The molecule has 0 atom stereocenters. The topological polar surface area (TPSA) is 91.8 Å². The number of rotatable bonds is 8. The van der Waals surface area contributed by atoms with Crippen LogP contribution in [0.4, 0.5) is 5.69 Å². The zero-order chi connectivity index (χ0) is 19.7. The molecule has 0 heterocycles. The van der Waals surface area contributed by atoms with E-state index >= 15 is 0 Å². The molecule has 0 fully saturated rings. The monoisotopic (exact) mass is 518 g/mol. The Hall–Kier alpha value is -2.01. The maximum atomic E-state index is 11.5. The Morgan fingerprint density at radius 2 is 1.68 bits per heavy atom. The van der Waals surface area contributed by atoms with Crippen LogP contribution in [0, 0.1) is 0 Å². The molecule has 2 aromatic rings. The van der Waals surface area contributed by atoms with E-state index < -0.39 is 10.0 Å². The van der Waals surface area contributed by atoms with Crippen LogP contribution in [0.15, 0.2) is 53.5 Å². The molecule has 0 aliphatic carbocycles. The van der Waals surface area contributed by atoms with Crippen molar-refractivity contribution in [2.45, 2.75) is 20.0 Å². The highest BCUT2D eigenvalue weighted by molar-refractivity contribution is 14.0. The van der Waals surface area contributed by atoms with Crippen LogP contribution >= 0.6 is 24.0 Å². The highest BCUT2D eigenvalue weighted by atomic mass is 127. The maximum absolute atomic E-state index is 11.5. The average Bonchev–Trinajstić information content (AvgIpc) is 2.64. The Morgan fingerprint density at radius 3 is 2.32 bits per heavy atom. The highest BCUT2D eigenvalue weighted by Gasteiger charge is 2.08. The van der Waals surface area contributed by atoms with Gasteiger partial charge in [0.25, 0.3) is 0 Å². The van der Waals surface area contributed by atoms with Gasteiger partial charge in [-0.15, -0.1) is 24.0 Å². The molecule has 0 spiro atoms. The molecule has 3 N–H and O–H groups in total. The minimum absolute atomic E-state index is 0. The molecule has 0 bridgehead atoms. The van der Waals surface area contributed by atoms with Crippen molar-refractivity contribution in [2.24, 2.45) is 4.99 Å². The molecule has 0 aromatic heterocycles. The maximum Gasteiger partial charge on any atom is 0.229 e. The van der Waals surface area contributed by atoms with Crippen LogP contribution in [0.5, 0.6) is 5.75 Å². The number of benzene rings is 2. The van der Waals surface area contributed by atoms with Gasteiger partial charge in [-0.2, -0.15) is 0 Å². The summed E-state index contributed by atoms with van der Waals surface area (Å²) in [6, 6.07) is 15.0. The van der Waals surface area contributed by atoms with Crippen LogP contribution in [-0.4, -0.2) is 34.3 Å². The van der Waals surface area contributed by atoms with E-state index in [-0.39, 0.29) is 24.0 Å². The number of nitrogens with zero attached hydrogens (tertiary/aromatic N) is 1. The third-order valence-electron chi connectivity index (χ3n) is 3.70. The van der Waals surface area contributed by atoms with Crippen molar-refractivity contribution >= 4 is 45.6 Å². The van der Waals surface area contributed by atoms with Crippen LogP contribution in [0.3, 0.4) is 0 Å². The summed E-state index contributed by atoms with van der Waals surface area (Å²) in [4.78, 5) is 4.59. The van der Waals surface area contributed by atoms with Crippen molar-refractivity contribution in [2.75, 3.05) is 24.6 Å². The molecule has 0 radical (unpaired) electrons. The first kappa shape index (κ1) is 24.0. The van der Waals surface area contributed by atoms with Gasteiger partial charge in [0.1, 0.15) is 5.75 Å². The number of para-hydroxylation sites is 2. The smallest absolute Gasteiger partial charge is 0.229 e. The molecule has 154 valence electrons. The van der Waals surface area contributed by atoms with Crippen molar-refractivity contribution < 1.29 is 13.2 Å². The summed E-state index contributed by atoms with van der Waals surface area (Å²) in [7, 11) is -1.70. The summed E-state index contributed by atoms with van der Waals surface area (Å²) in [6.07, 6.45) is 1.13. The Labute approximate surface area is 184 Å². The van der Waals surface area contributed by atoms with E-state index in [0.717, 1.165) is 23.1 Å². The first-order valence-corrected chi connectivity index (χ1v) is 10.5. The van der Waals surface area contributed by atoms with Crippen LogP contribution in [0.1, 0.15) is 18.1 Å². The summed E-state index contributed by atoms with van der Waals surface area (Å²) in [5.74, 6) is 1.43. The molecule has 0 aliphatic heterocycles. The number of nitrogens with one attached hydrogen (secondary N) is 3. The van der Waals surface area contributed by atoms with E-state index in [0.29, 0.717) is 31.3 Å². The van der Waals surface area contributed by atoms with E-state index in [9.17, 15) is 8.42 Å². The zero-order valence-electron chi connectivity index (χ0n) is 16.2. The third-order valence-corrected chi connectivity index (χ3v) is 4.29. The number of halogens is 1. The lowest BCUT2D eigenvalue weighted by Crippen LogP contribution is -2.37. The predicted octanol–water partition coefficient (Wildman–Crippen LogP) is 2.94. The molecule has 0 saturated heterocycles. The number of methoxy groups -OCH3 is 1. The fourth-order valence-electron chi connectivity index (χ4n) is 2.49. The number of guanidine groups is 1. The Kier molecular flexibility index (Phi) is 10.1. The SMILES string of the molecule is CCNC(=NCc1ccccc1OC)NCc1ccccc1NS(C)(=O)=O.I. The summed E-state index contributed by atoms with van der Waals surface area (Å²) >= 11 is 0. The van der Waals surface area contributed by atoms with Crippen LogP contribution in [0.2, 0.25) is 0 Å². The van der Waals surface area contributed by atoms with E-state index in [1.807, 2.05) is 43.3 Å². The molecule has 2 rings (SSSR count). The minimum Gasteiger partial charge on any atom is -0.496 e. The van der Waals surface area contributed by atoms with E-state index in [1.54, 1.807) is 19.2 Å². The van der Waals surface area contributed by atoms with Crippen LogP contribution < -0.4 is 20.1 Å². The molecule has 0 aliphatic rings. The summed E-state index contributed by atoms with van der Waals surface area (Å²) in [5.41, 5.74) is 2.36. The Bertz CT molecular complexity index is 888. The molecular formula is C19H27IN4O3S. The Balaban J connectivity index is 0.00000392. The van der Waals surface area contributed by atoms with Gasteiger partial charge < -0.3 is 15.4 Å². The summed E-state index contributed by atoms with van der Waals surface area (Å²) < 4.78 is 31.0. The number of sulfonamides is 1. The van der Waals surface area contributed by atoms with Crippen LogP contribution in [-0.2, 0) is 23.1 Å². The summed E-state index contributed by atoms with van der Waals surface area (Å²) in [5, 5.41) is 6.42. The number of aliphatic imine (C=N–C) groups is 1. The largest absolute Gasteiger partial charge is 0.496 e. The third kappa shape index (κ3) is 7.93. The number of anilines is 1. The first-order valence-electron chi connectivity index (χ1n) is 8.62. The fourth-order valence-corrected chi connectivity index (χ4v) is 3.09. The Morgan fingerprint density at radius 1 is 1.04 bits per heavy atom. The van der Waals surface area contributed by atoms with E-state index in [4.69, 9.17) is 4.74 Å². The van der Waals surface area contributed by atoms with Gasteiger partial charge in [0.2, 0.25) is 10.0 Å². The molecule has 2 aromatic carbocycles. The second kappa shape index (κ2) is 11.7. The van der Waals surface area contributed by atoms with E-state index in [1.165, 1.54) is 0 Å². The van der Waals surface area contributed by atoms with Gasteiger partial charge in [-0.25, -0.2) is 13.4 Å². The van der Waals surface area contributed by atoms with Gasteiger partial charge in [-0.05, 0) is 24.6 Å². The fraction of sp³-hybridized carbons (Fsp3) is 0.316. The lowest BCUT2D eigenvalue weighted by Gasteiger charge is -2.15. The number of ether oxygens (including phenoxy) is 1. The second-order valence-electron chi connectivity index (χ2n) is 5.89. The molecule has 7 nitrogen and oxygen atoms in total. The van der Waals surface area contributed by atoms with Crippen LogP contribution in [0.25, 0.3) is 0 Å². The second-order valence-corrected chi connectivity index (χ2v) is 7.64. The summed E-state index contributed by atoms with van der Waals surface area (Å²) in [6.45, 7) is 3.58. The number of hydrogen-bond donors (Lipinski definition) is 3. The van der Waals surface area contributed by atoms with Gasteiger partial charge in [0, 0.05) is 18.7 Å². The average molecular weight is 518 g/mol. The van der Waals surface area contributed by atoms with Gasteiger partial charge in [-0.1, -0.05) is 36.4 Å². The van der Waals surface area contributed by atoms with Crippen molar-refractivity contribution in [3.8, 4) is 5.75 Å². The minimum atomic E-state index is -3.34. The zero-order valence-corrected chi connectivity index (χ0v) is 19.4. The number of hydrogen-bond acceptors (Lipinski definition) is 4. The van der Waals surface area contributed by atoms with Gasteiger partial charge in [-0.3, -0.25) is 4.72 Å². The quantitative estimate of drug-likeness (QED) is 0.284.